The number of nitrogens with one attached hydrogen (secondary N) is 1. The average molecular weight is 288 g/mol. The van der Waals surface area contributed by atoms with Crippen LogP contribution in [-0.4, -0.2) is 19.8 Å². The fraction of sp³-hybridized carbons (Fsp3) is 0.538. The second-order valence-corrected chi connectivity index (χ2v) is 6.96. The molecule has 0 atom stereocenters. The van der Waals surface area contributed by atoms with Gasteiger partial charge in [0.05, 0.1) is 5.75 Å². The van der Waals surface area contributed by atoms with Crippen molar-refractivity contribution >= 4 is 21.6 Å². The first-order valence-corrected chi connectivity index (χ1v) is 8.36. The quantitative estimate of drug-likeness (QED) is 0.846. The van der Waals surface area contributed by atoms with Crippen molar-refractivity contribution in [1.29, 1.82) is 0 Å². The van der Waals surface area contributed by atoms with E-state index in [1.807, 2.05) is 30.3 Å². The lowest BCUT2D eigenvalue weighted by atomic mass is 10.0. The number of halogens is 1. The summed E-state index contributed by atoms with van der Waals surface area (Å²) in [5, 5.41) is 0. The average Bonchev–Trinajstić information content (AvgIpc) is 2.78. The first kappa shape index (κ1) is 13.8. The molecule has 1 aromatic carbocycles. The van der Waals surface area contributed by atoms with Crippen molar-refractivity contribution in [2.75, 3.05) is 5.88 Å². The van der Waals surface area contributed by atoms with E-state index in [4.69, 9.17) is 11.6 Å². The first-order chi connectivity index (χ1) is 8.55. The maximum absolute atomic E-state index is 12.2. The molecule has 1 saturated carbocycles. The van der Waals surface area contributed by atoms with Crippen LogP contribution in [0.5, 0.6) is 0 Å². The molecule has 18 heavy (non-hydrogen) atoms. The summed E-state index contributed by atoms with van der Waals surface area (Å²) in [4.78, 5) is 0. The number of alkyl halides is 1. The third-order valence-electron chi connectivity index (χ3n) is 3.39. The zero-order chi connectivity index (χ0) is 13.1. The highest BCUT2D eigenvalue weighted by molar-refractivity contribution is 7.88. The van der Waals surface area contributed by atoms with E-state index in [9.17, 15) is 8.42 Å². The lowest BCUT2D eigenvalue weighted by Crippen LogP contribution is -2.48. The Morgan fingerprint density at radius 2 is 1.78 bits per heavy atom. The van der Waals surface area contributed by atoms with Crippen molar-refractivity contribution in [2.24, 2.45) is 0 Å². The molecule has 2 rings (SSSR count). The molecule has 1 aliphatic carbocycles. The van der Waals surface area contributed by atoms with E-state index in [1.54, 1.807) is 0 Å². The molecular weight excluding hydrogens is 270 g/mol. The SMILES string of the molecule is O=S(=O)(Cc1ccccc1)NC1(CCl)CCCC1. The Morgan fingerprint density at radius 1 is 1.17 bits per heavy atom. The Hall–Kier alpha value is -0.580. The summed E-state index contributed by atoms with van der Waals surface area (Å²) in [6.07, 6.45) is 3.76. The predicted octanol–water partition coefficient (Wildman–Crippen LogP) is 2.66. The minimum absolute atomic E-state index is 0.0203. The highest BCUT2D eigenvalue weighted by Crippen LogP contribution is 2.31. The zero-order valence-electron chi connectivity index (χ0n) is 10.2. The maximum Gasteiger partial charge on any atom is 0.216 e. The fourth-order valence-electron chi connectivity index (χ4n) is 2.47. The lowest BCUT2D eigenvalue weighted by molar-refractivity contribution is 0.432. The maximum atomic E-state index is 12.2. The molecule has 0 radical (unpaired) electrons. The normalized spacial score (nSPS) is 18.9. The van der Waals surface area contributed by atoms with Crippen LogP contribution < -0.4 is 4.72 Å². The van der Waals surface area contributed by atoms with Gasteiger partial charge in [-0.3, -0.25) is 0 Å². The van der Waals surface area contributed by atoms with Gasteiger partial charge in [0.1, 0.15) is 0 Å². The van der Waals surface area contributed by atoms with Crippen molar-refractivity contribution in [3.63, 3.8) is 0 Å². The van der Waals surface area contributed by atoms with Gasteiger partial charge < -0.3 is 0 Å². The van der Waals surface area contributed by atoms with Gasteiger partial charge in [-0.1, -0.05) is 43.2 Å². The van der Waals surface area contributed by atoms with Crippen molar-refractivity contribution in [2.45, 2.75) is 37.0 Å². The highest BCUT2D eigenvalue weighted by atomic mass is 35.5. The third kappa shape index (κ3) is 3.46. The molecule has 0 amide bonds. The summed E-state index contributed by atoms with van der Waals surface area (Å²) < 4.78 is 27.1. The van der Waals surface area contributed by atoms with Crippen molar-refractivity contribution in [1.82, 2.24) is 4.72 Å². The topological polar surface area (TPSA) is 46.2 Å². The smallest absolute Gasteiger partial charge is 0.212 e. The van der Waals surface area contributed by atoms with E-state index in [0.717, 1.165) is 31.2 Å². The Kier molecular flexibility index (Phi) is 4.30. The van der Waals surface area contributed by atoms with E-state index >= 15 is 0 Å². The second-order valence-electron chi connectivity index (χ2n) is 4.97. The molecule has 1 aromatic rings. The Morgan fingerprint density at radius 3 is 2.33 bits per heavy atom. The molecule has 0 aliphatic heterocycles. The van der Waals surface area contributed by atoms with Crippen LogP contribution >= 0.6 is 11.6 Å². The van der Waals surface area contributed by atoms with E-state index in [1.165, 1.54) is 0 Å². The highest BCUT2D eigenvalue weighted by Gasteiger charge is 2.36. The van der Waals surface area contributed by atoms with Crippen LogP contribution in [-0.2, 0) is 15.8 Å². The van der Waals surface area contributed by atoms with Gasteiger partial charge in [0.15, 0.2) is 0 Å². The number of hydrogen-bond donors (Lipinski definition) is 1. The molecule has 100 valence electrons. The standard InChI is InChI=1S/C13H18ClNO2S/c14-11-13(8-4-5-9-13)15-18(16,17)10-12-6-2-1-3-7-12/h1-3,6-7,15H,4-5,8-11H2. The van der Waals surface area contributed by atoms with Gasteiger partial charge in [-0.2, -0.15) is 0 Å². The van der Waals surface area contributed by atoms with Crippen LogP contribution in [0, 0.1) is 0 Å². The van der Waals surface area contributed by atoms with Crippen LogP contribution in [0.4, 0.5) is 0 Å². The zero-order valence-corrected chi connectivity index (χ0v) is 11.8. The Bertz CT molecular complexity index is 481. The molecule has 1 fully saturated rings. The molecule has 0 saturated heterocycles. The van der Waals surface area contributed by atoms with E-state index in [-0.39, 0.29) is 5.75 Å². The largest absolute Gasteiger partial charge is 0.216 e. The van der Waals surface area contributed by atoms with Gasteiger partial charge in [-0.25, -0.2) is 13.1 Å². The molecule has 3 nitrogen and oxygen atoms in total. The molecule has 0 heterocycles. The number of benzene rings is 1. The Labute approximate surface area is 114 Å². The minimum Gasteiger partial charge on any atom is -0.212 e. The third-order valence-corrected chi connectivity index (χ3v) is 5.36. The molecule has 0 spiro atoms. The number of rotatable bonds is 5. The Balaban J connectivity index is 2.08. The van der Waals surface area contributed by atoms with Gasteiger partial charge in [0.2, 0.25) is 10.0 Å². The molecule has 5 heteroatoms. The summed E-state index contributed by atoms with van der Waals surface area (Å²) in [7, 11) is -3.32. The van der Waals surface area contributed by atoms with E-state index < -0.39 is 15.6 Å². The van der Waals surface area contributed by atoms with Crippen molar-refractivity contribution < 1.29 is 8.42 Å². The summed E-state index contributed by atoms with van der Waals surface area (Å²) in [6, 6.07) is 9.21. The fourth-order valence-corrected chi connectivity index (χ4v) is 4.53. The van der Waals surface area contributed by atoms with Gasteiger partial charge in [0, 0.05) is 11.4 Å². The van der Waals surface area contributed by atoms with Crippen molar-refractivity contribution in [3.05, 3.63) is 35.9 Å². The lowest BCUT2D eigenvalue weighted by Gasteiger charge is -2.27. The summed E-state index contributed by atoms with van der Waals surface area (Å²) in [5.74, 6) is 0.369. The van der Waals surface area contributed by atoms with Crippen LogP contribution in [0.2, 0.25) is 0 Å². The molecule has 0 unspecified atom stereocenters. The summed E-state index contributed by atoms with van der Waals surface area (Å²) in [6.45, 7) is 0. The van der Waals surface area contributed by atoms with Gasteiger partial charge in [0.25, 0.3) is 0 Å². The molecule has 1 N–H and O–H groups in total. The monoisotopic (exact) mass is 287 g/mol. The van der Waals surface area contributed by atoms with Gasteiger partial charge in [-0.15, -0.1) is 11.6 Å². The number of sulfonamides is 1. The van der Waals surface area contributed by atoms with E-state index in [2.05, 4.69) is 4.72 Å². The molecular formula is C13H18ClNO2S. The predicted molar refractivity (Wildman–Crippen MR) is 74.1 cm³/mol. The van der Waals surface area contributed by atoms with Gasteiger partial charge >= 0.3 is 0 Å². The van der Waals surface area contributed by atoms with Gasteiger partial charge in [-0.05, 0) is 18.4 Å². The second kappa shape index (κ2) is 5.59. The van der Waals surface area contributed by atoms with Crippen LogP contribution in [0.15, 0.2) is 30.3 Å². The minimum atomic E-state index is -3.32. The number of hydrogen-bond acceptors (Lipinski definition) is 2. The summed E-state index contributed by atoms with van der Waals surface area (Å²) in [5.41, 5.74) is 0.377. The summed E-state index contributed by atoms with van der Waals surface area (Å²) >= 11 is 5.95. The molecule has 0 bridgehead atoms. The van der Waals surface area contributed by atoms with Crippen LogP contribution in [0.1, 0.15) is 31.2 Å². The molecule has 0 aromatic heterocycles. The molecule has 1 aliphatic rings. The first-order valence-electron chi connectivity index (χ1n) is 6.17. The van der Waals surface area contributed by atoms with Crippen LogP contribution in [0.25, 0.3) is 0 Å². The van der Waals surface area contributed by atoms with Crippen molar-refractivity contribution in [3.8, 4) is 0 Å². The van der Waals surface area contributed by atoms with Crippen LogP contribution in [0.3, 0.4) is 0 Å². The van der Waals surface area contributed by atoms with E-state index in [0.29, 0.717) is 5.88 Å².